The van der Waals surface area contributed by atoms with Gasteiger partial charge in [0, 0.05) is 22.7 Å². The van der Waals surface area contributed by atoms with Crippen molar-refractivity contribution in [2.24, 2.45) is 0 Å². The summed E-state index contributed by atoms with van der Waals surface area (Å²) >= 11 is 6.85. The van der Waals surface area contributed by atoms with Crippen LogP contribution < -0.4 is 10.6 Å². The fourth-order valence-electron chi connectivity index (χ4n) is 3.16. The van der Waals surface area contributed by atoms with Crippen molar-refractivity contribution in [1.82, 2.24) is 9.78 Å². The second kappa shape index (κ2) is 10.4. The highest BCUT2D eigenvalue weighted by Crippen LogP contribution is 2.36. The van der Waals surface area contributed by atoms with Crippen molar-refractivity contribution < 1.29 is 13.9 Å². The Morgan fingerprint density at radius 1 is 1.12 bits per heavy atom. The van der Waals surface area contributed by atoms with Crippen LogP contribution in [0.1, 0.15) is 22.8 Å². The second-order valence-electron chi connectivity index (χ2n) is 7.01. The minimum Gasteiger partial charge on any atom is -0.462 e. The number of hydrogen-bond donors (Lipinski definition) is 2. The van der Waals surface area contributed by atoms with Gasteiger partial charge in [0.25, 0.3) is 0 Å². The van der Waals surface area contributed by atoms with Crippen LogP contribution in [-0.2, 0) is 11.3 Å². The van der Waals surface area contributed by atoms with E-state index in [-0.39, 0.29) is 17.5 Å². The number of anilines is 2. The summed E-state index contributed by atoms with van der Waals surface area (Å²) in [6.45, 7) is 2.34. The van der Waals surface area contributed by atoms with E-state index < -0.39 is 5.97 Å². The van der Waals surface area contributed by atoms with E-state index in [4.69, 9.17) is 17.0 Å². The van der Waals surface area contributed by atoms with Crippen molar-refractivity contribution in [1.29, 1.82) is 0 Å². The van der Waals surface area contributed by atoms with Crippen LogP contribution in [0.15, 0.2) is 72.9 Å². The van der Waals surface area contributed by atoms with Crippen LogP contribution in [0, 0.1) is 5.82 Å². The number of hydrogen-bond acceptors (Lipinski definition) is 5. The zero-order valence-electron chi connectivity index (χ0n) is 17.7. The SMILES string of the molecule is CCOC(=O)c1cc(-c2ccccc2)sc1NC(=S)Nc1ccn(Cc2ccccc2F)n1. The minimum absolute atomic E-state index is 0.275. The van der Waals surface area contributed by atoms with Gasteiger partial charge >= 0.3 is 5.97 Å². The molecule has 0 radical (unpaired) electrons. The van der Waals surface area contributed by atoms with E-state index in [0.717, 1.165) is 10.4 Å². The number of ether oxygens (including phenoxy) is 1. The van der Waals surface area contributed by atoms with Gasteiger partial charge in [0.2, 0.25) is 0 Å². The van der Waals surface area contributed by atoms with Crippen LogP contribution in [0.25, 0.3) is 10.4 Å². The van der Waals surface area contributed by atoms with Gasteiger partial charge in [-0.05, 0) is 36.8 Å². The maximum Gasteiger partial charge on any atom is 0.341 e. The number of nitrogens with zero attached hydrogens (tertiary/aromatic N) is 2. The Morgan fingerprint density at radius 2 is 1.88 bits per heavy atom. The lowest BCUT2D eigenvalue weighted by molar-refractivity contribution is 0.0528. The standard InChI is InChI=1S/C24H21FN4O2S2/c1-2-31-23(30)18-14-20(16-8-4-3-5-9-16)33-22(18)27-24(32)26-21-12-13-29(28-21)15-17-10-6-7-11-19(17)25/h3-14H,2,15H2,1H3,(H2,26,27,28,32). The highest BCUT2D eigenvalue weighted by Gasteiger charge is 2.19. The van der Waals surface area contributed by atoms with Gasteiger partial charge in [0.05, 0.1) is 18.7 Å². The molecular formula is C24H21FN4O2S2. The largest absolute Gasteiger partial charge is 0.462 e. The number of carbonyl (C=O) groups is 1. The molecule has 168 valence electrons. The summed E-state index contributed by atoms with van der Waals surface area (Å²) in [6.07, 6.45) is 1.74. The molecule has 2 N–H and O–H groups in total. The van der Waals surface area contributed by atoms with Crippen LogP contribution in [-0.4, -0.2) is 27.5 Å². The molecule has 33 heavy (non-hydrogen) atoms. The first-order valence-corrected chi connectivity index (χ1v) is 11.5. The van der Waals surface area contributed by atoms with E-state index in [0.29, 0.717) is 28.5 Å². The molecule has 0 atom stereocenters. The highest BCUT2D eigenvalue weighted by molar-refractivity contribution is 7.80. The number of nitrogens with one attached hydrogen (secondary N) is 2. The highest BCUT2D eigenvalue weighted by atomic mass is 32.1. The lowest BCUT2D eigenvalue weighted by Gasteiger charge is -2.09. The van der Waals surface area contributed by atoms with E-state index in [1.807, 2.05) is 30.3 Å². The van der Waals surface area contributed by atoms with Crippen molar-refractivity contribution in [3.8, 4) is 10.4 Å². The molecule has 0 spiro atoms. The predicted molar refractivity (Wildman–Crippen MR) is 133 cm³/mol. The number of halogens is 1. The van der Waals surface area contributed by atoms with Gasteiger partial charge < -0.3 is 15.4 Å². The number of esters is 1. The first-order valence-electron chi connectivity index (χ1n) is 10.2. The van der Waals surface area contributed by atoms with Gasteiger partial charge in [-0.3, -0.25) is 4.68 Å². The van der Waals surface area contributed by atoms with Crippen LogP contribution in [0.3, 0.4) is 0 Å². The number of thiophene rings is 1. The molecule has 2 aromatic carbocycles. The molecule has 2 heterocycles. The predicted octanol–water partition coefficient (Wildman–Crippen LogP) is 5.78. The van der Waals surface area contributed by atoms with Gasteiger partial charge in [-0.2, -0.15) is 5.10 Å². The first-order chi connectivity index (χ1) is 16.0. The lowest BCUT2D eigenvalue weighted by Crippen LogP contribution is -2.20. The number of rotatable bonds is 7. The monoisotopic (exact) mass is 480 g/mol. The van der Waals surface area contributed by atoms with E-state index in [9.17, 15) is 9.18 Å². The van der Waals surface area contributed by atoms with Crippen LogP contribution >= 0.6 is 23.6 Å². The van der Waals surface area contributed by atoms with Crippen molar-refractivity contribution in [3.63, 3.8) is 0 Å². The quantitative estimate of drug-likeness (QED) is 0.258. The minimum atomic E-state index is -0.421. The molecule has 9 heteroatoms. The Bertz CT molecular complexity index is 1270. The molecule has 0 fully saturated rings. The molecule has 0 saturated heterocycles. The molecule has 2 aromatic heterocycles. The van der Waals surface area contributed by atoms with E-state index >= 15 is 0 Å². The molecule has 4 rings (SSSR count). The van der Waals surface area contributed by atoms with Crippen LogP contribution in [0.2, 0.25) is 0 Å². The maximum atomic E-state index is 13.9. The summed E-state index contributed by atoms with van der Waals surface area (Å²) in [7, 11) is 0. The summed E-state index contributed by atoms with van der Waals surface area (Å²) in [6, 6.07) is 19.9. The number of carbonyl (C=O) groups excluding carboxylic acids is 1. The number of thiocarbonyl (C=S) groups is 1. The number of aromatic nitrogens is 2. The van der Waals surface area contributed by atoms with Gasteiger partial charge in [-0.15, -0.1) is 11.3 Å². The Kier molecular flexibility index (Phi) is 7.11. The van der Waals surface area contributed by atoms with Crippen LogP contribution in [0.5, 0.6) is 0 Å². The van der Waals surface area contributed by atoms with Gasteiger partial charge in [0.15, 0.2) is 10.9 Å². The molecule has 4 aromatic rings. The molecule has 0 unspecified atom stereocenters. The van der Waals surface area contributed by atoms with Crippen molar-refractivity contribution in [2.45, 2.75) is 13.5 Å². The molecule has 0 amide bonds. The van der Waals surface area contributed by atoms with Crippen molar-refractivity contribution in [3.05, 3.63) is 89.9 Å². The Balaban J connectivity index is 1.48. The number of benzene rings is 2. The fraction of sp³-hybridized carbons (Fsp3) is 0.125. The topological polar surface area (TPSA) is 68.2 Å². The average molecular weight is 481 g/mol. The Hall–Kier alpha value is -3.56. The molecule has 0 saturated carbocycles. The molecular weight excluding hydrogens is 459 g/mol. The lowest BCUT2D eigenvalue weighted by atomic mass is 10.1. The van der Waals surface area contributed by atoms with Crippen LogP contribution in [0.4, 0.5) is 15.2 Å². The summed E-state index contributed by atoms with van der Waals surface area (Å²) in [5.41, 5.74) is 1.95. The fourth-order valence-corrected chi connectivity index (χ4v) is 4.48. The zero-order valence-corrected chi connectivity index (χ0v) is 19.4. The Labute approximate surface area is 200 Å². The molecule has 0 bridgehead atoms. The Morgan fingerprint density at radius 3 is 2.64 bits per heavy atom. The summed E-state index contributed by atoms with van der Waals surface area (Å²) in [5, 5.41) is 11.3. The van der Waals surface area contributed by atoms with Gasteiger partial charge in [-0.1, -0.05) is 48.5 Å². The van der Waals surface area contributed by atoms with Crippen molar-refractivity contribution in [2.75, 3.05) is 17.2 Å². The van der Waals surface area contributed by atoms with E-state index in [1.54, 1.807) is 48.1 Å². The third-order valence-corrected chi connectivity index (χ3v) is 5.99. The molecule has 0 aliphatic heterocycles. The first kappa shape index (κ1) is 22.6. The maximum absolute atomic E-state index is 13.9. The van der Waals surface area contributed by atoms with Gasteiger partial charge in [-0.25, -0.2) is 9.18 Å². The van der Waals surface area contributed by atoms with E-state index in [2.05, 4.69) is 15.7 Å². The molecule has 0 aliphatic carbocycles. The summed E-state index contributed by atoms with van der Waals surface area (Å²) in [5.74, 6) is -0.199. The van der Waals surface area contributed by atoms with Gasteiger partial charge in [0.1, 0.15) is 10.8 Å². The zero-order chi connectivity index (χ0) is 23.2. The van der Waals surface area contributed by atoms with Crippen molar-refractivity contribution >= 4 is 45.5 Å². The molecule has 0 aliphatic rings. The summed E-state index contributed by atoms with van der Waals surface area (Å²) < 4.78 is 20.7. The smallest absolute Gasteiger partial charge is 0.341 e. The average Bonchev–Trinajstić information content (AvgIpc) is 3.43. The summed E-state index contributed by atoms with van der Waals surface area (Å²) in [4.78, 5) is 13.4. The molecule has 6 nitrogen and oxygen atoms in total. The van der Waals surface area contributed by atoms with E-state index in [1.165, 1.54) is 17.4 Å². The third kappa shape index (κ3) is 5.63. The third-order valence-electron chi connectivity index (χ3n) is 4.69. The normalized spacial score (nSPS) is 10.6. The second-order valence-corrected chi connectivity index (χ2v) is 8.47.